The Morgan fingerprint density at radius 1 is 0.500 bits per heavy atom. The predicted molar refractivity (Wildman–Crippen MR) is 159 cm³/mol. The number of hydrogen-bond donors (Lipinski definition) is 2. The smallest absolute Gasteiger partial charge is 0.330 e. The lowest BCUT2D eigenvalue weighted by Gasteiger charge is -2.11. The third-order valence-corrected chi connectivity index (χ3v) is 5.88. The van der Waals surface area contributed by atoms with E-state index in [2.05, 4.69) is 46.9 Å². The molecule has 0 spiro atoms. The Morgan fingerprint density at radius 2 is 0.833 bits per heavy atom. The number of carbonyl (C=O) groups is 4. The minimum Gasteiger partial charge on any atom is -0.463 e. The molecule has 2 N–H and O–H groups in total. The molecule has 0 aliphatic rings. The maximum absolute atomic E-state index is 11.7. The quantitative estimate of drug-likeness (QED) is 0.0446. The summed E-state index contributed by atoms with van der Waals surface area (Å²) in [6.07, 6.45) is 21.0. The van der Waals surface area contributed by atoms with Crippen LogP contribution in [0.3, 0.4) is 0 Å². The molecule has 0 amide bonds. The van der Waals surface area contributed by atoms with Crippen LogP contribution < -0.4 is 0 Å². The molecule has 10 heteroatoms. The van der Waals surface area contributed by atoms with Gasteiger partial charge in [-0.2, -0.15) is 0 Å². The zero-order valence-corrected chi connectivity index (χ0v) is 24.9. The van der Waals surface area contributed by atoms with Gasteiger partial charge in [0.1, 0.15) is 38.6 Å². The van der Waals surface area contributed by atoms with Gasteiger partial charge in [-0.25, -0.2) is 9.59 Å². The van der Waals surface area contributed by atoms with Gasteiger partial charge in [-0.05, 0) is 51.4 Å². The molecule has 0 bridgehead atoms. The molecule has 0 aromatic rings. The van der Waals surface area contributed by atoms with Crippen molar-refractivity contribution in [3.8, 4) is 0 Å². The highest BCUT2D eigenvalue weighted by atomic mass is 16.6. The van der Waals surface area contributed by atoms with E-state index in [1.165, 1.54) is 0 Å². The molecule has 0 aliphatic carbocycles. The van der Waals surface area contributed by atoms with Crippen LogP contribution in [0.25, 0.3) is 0 Å². The SMILES string of the molecule is C=CC(=O)OCC(O)COC(=O)CCCCCCC=CCCC=CCCCCCCC(=O)OCC(O)COC(=O)C=C. The average Bonchev–Trinajstić information content (AvgIpc) is 2.99. The third kappa shape index (κ3) is 27.0. The Labute approximate surface area is 250 Å². The highest BCUT2D eigenvalue weighted by Crippen LogP contribution is 2.09. The van der Waals surface area contributed by atoms with Crippen LogP contribution in [0.5, 0.6) is 0 Å². The molecule has 0 saturated carbocycles. The fourth-order valence-electron chi connectivity index (χ4n) is 3.53. The normalized spacial score (nSPS) is 12.5. The van der Waals surface area contributed by atoms with Crippen LogP contribution in [0, 0.1) is 0 Å². The molecule has 0 aromatic heterocycles. The zero-order valence-electron chi connectivity index (χ0n) is 24.9. The molecule has 0 heterocycles. The van der Waals surface area contributed by atoms with Gasteiger partial charge in [0.2, 0.25) is 0 Å². The van der Waals surface area contributed by atoms with Gasteiger partial charge in [0.25, 0.3) is 0 Å². The van der Waals surface area contributed by atoms with E-state index in [9.17, 15) is 29.4 Å². The van der Waals surface area contributed by atoms with Crippen molar-refractivity contribution in [2.45, 2.75) is 102 Å². The molecular weight excluding hydrogens is 544 g/mol. The summed E-state index contributed by atoms with van der Waals surface area (Å²) in [5.41, 5.74) is 0. The molecule has 0 saturated heterocycles. The number of rotatable bonds is 27. The minimum absolute atomic E-state index is 0.196. The number of allylic oxidation sites excluding steroid dienone is 4. The largest absolute Gasteiger partial charge is 0.463 e. The van der Waals surface area contributed by atoms with Crippen molar-refractivity contribution in [1.29, 1.82) is 0 Å². The number of aliphatic hydroxyl groups is 2. The van der Waals surface area contributed by atoms with Gasteiger partial charge >= 0.3 is 23.9 Å². The number of carbonyl (C=O) groups excluding carboxylic acids is 4. The molecule has 238 valence electrons. The average molecular weight is 595 g/mol. The molecule has 0 fully saturated rings. The van der Waals surface area contributed by atoms with Gasteiger partial charge in [-0.3, -0.25) is 9.59 Å². The van der Waals surface area contributed by atoms with Gasteiger partial charge in [-0.1, -0.05) is 63.1 Å². The van der Waals surface area contributed by atoms with Crippen molar-refractivity contribution in [2.24, 2.45) is 0 Å². The summed E-state index contributed by atoms with van der Waals surface area (Å²) in [5.74, 6) is -1.99. The van der Waals surface area contributed by atoms with Gasteiger partial charge in [0, 0.05) is 25.0 Å². The van der Waals surface area contributed by atoms with E-state index in [-0.39, 0.29) is 38.4 Å². The number of hydrogen-bond acceptors (Lipinski definition) is 10. The summed E-state index contributed by atoms with van der Waals surface area (Å²) in [4.78, 5) is 45.2. The highest BCUT2D eigenvalue weighted by molar-refractivity contribution is 5.81. The monoisotopic (exact) mass is 594 g/mol. The standard InChI is InChI=1S/C32H50O10/c1-3-29(35)39-23-27(33)25-41-31(37)21-19-17-15-13-11-9-7-5-6-8-10-12-14-16-18-20-22-32(38)42-26-28(34)24-40-30(36)4-2/h3-4,7-10,27-28,33-34H,1-2,5-6,11-26H2. The van der Waals surface area contributed by atoms with Crippen LogP contribution in [0.4, 0.5) is 0 Å². The molecule has 0 rings (SSSR count). The van der Waals surface area contributed by atoms with Crippen LogP contribution >= 0.6 is 0 Å². The van der Waals surface area contributed by atoms with E-state index in [0.29, 0.717) is 12.8 Å². The van der Waals surface area contributed by atoms with E-state index in [4.69, 9.17) is 9.47 Å². The van der Waals surface area contributed by atoms with Gasteiger partial charge in [0.15, 0.2) is 0 Å². The summed E-state index contributed by atoms with van der Waals surface area (Å²) in [7, 11) is 0. The van der Waals surface area contributed by atoms with Gasteiger partial charge in [0.05, 0.1) is 0 Å². The molecular formula is C32H50O10. The van der Waals surface area contributed by atoms with Crippen molar-refractivity contribution in [3.63, 3.8) is 0 Å². The highest BCUT2D eigenvalue weighted by Gasteiger charge is 2.11. The molecule has 0 radical (unpaired) electrons. The first kappa shape index (κ1) is 38.8. The second-order valence-electron chi connectivity index (χ2n) is 9.77. The summed E-state index contributed by atoms with van der Waals surface area (Å²) >= 11 is 0. The number of esters is 4. The Hall–Kier alpha value is -3.24. The van der Waals surface area contributed by atoms with E-state index < -0.39 is 24.1 Å². The first-order valence-electron chi connectivity index (χ1n) is 14.8. The second kappa shape index (κ2) is 27.9. The molecule has 0 aromatic carbocycles. The topological polar surface area (TPSA) is 146 Å². The summed E-state index contributed by atoms with van der Waals surface area (Å²) < 4.78 is 19.3. The Kier molecular flexibility index (Phi) is 25.8. The first-order valence-corrected chi connectivity index (χ1v) is 14.8. The molecule has 10 nitrogen and oxygen atoms in total. The first-order chi connectivity index (χ1) is 20.3. The van der Waals surface area contributed by atoms with Crippen LogP contribution in [-0.2, 0) is 38.1 Å². The van der Waals surface area contributed by atoms with Crippen molar-refractivity contribution >= 4 is 23.9 Å². The van der Waals surface area contributed by atoms with Crippen molar-refractivity contribution < 1.29 is 48.3 Å². The fraction of sp³-hybridized carbons (Fsp3) is 0.625. The van der Waals surface area contributed by atoms with E-state index in [1.54, 1.807) is 0 Å². The summed E-state index contributed by atoms with van der Waals surface area (Å²) in [6, 6.07) is 0. The number of aliphatic hydroxyl groups excluding tert-OH is 2. The lowest BCUT2D eigenvalue weighted by molar-refractivity contribution is -0.151. The van der Waals surface area contributed by atoms with E-state index >= 15 is 0 Å². The van der Waals surface area contributed by atoms with Crippen molar-refractivity contribution in [2.75, 3.05) is 26.4 Å². The van der Waals surface area contributed by atoms with Gasteiger partial charge in [-0.15, -0.1) is 0 Å². The predicted octanol–water partition coefficient (Wildman–Crippen LogP) is 4.83. The van der Waals surface area contributed by atoms with Gasteiger partial charge < -0.3 is 29.2 Å². The van der Waals surface area contributed by atoms with E-state index in [0.717, 1.165) is 89.2 Å². The van der Waals surface area contributed by atoms with Crippen LogP contribution in [0.15, 0.2) is 49.6 Å². The Bertz CT molecular complexity index is 765. The maximum atomic E-state index is 11.7. The Morgan fingerprint density at radius 3 is 1.21 bits per heavy atom. The lowest BCUT2D eigenvalue weighted by Crippen LogP contribution is -2.24. The Balaban J connectivity index is 3.49. The van der Waals surface area contributed by atoms with Crippen LogP contribution in [-0.4, -0.2) is 72.7 Å². The lowest BCUT2D eigenvalue weighted by atomic mass is 10.1. The van der Waals surface area contributed by atoms with E-state index in [1.807, 2.05) is 0 Å². The minimum atomic E-state index is -1.04. The molecule has 0 aliphatic heterocycles. The molecule has 2 atom stereocenters. The maximum Gasteiger partial charge on any atom is 0.330 e. The molecule has 2 unspecified atom stereocenters. The van der Waals surface area contributed by atoms with Crippen molar-refractivity contribution in [3.05, 3.63) is 49.6 Å². The fourth-order valence-corrected chi connectivity index (χ4v) is 3.53. The number of ether oxygens (including phenoxy) is 4. The molecule has 42 heavy (non-hydrogen) atoms. The third-order valence-electron chi connectivity index (χ3n) is 5.88. The van der Waals surface area contributed by atoms with Crippen molar-refractivity contribution in [1.82, 2.24) is 0 Å². The van der Waals surface area contributed by atoms with Crippen LogP contribution in [0.1, 0.15) is 89.9 Å². The zero-order chi connectivity index (χ0) is 31.3. The summed E-state index contributed by atoms with van der Waals surface area (Å²) in [6.45, 7) is 5.65. The van der Waals surface area contributed by atoms with Crippen LogP contribution in [0.2, 0.25) is 0 Å². The number of unbranched alkanes of at least 4 members (excludes halogenated alkanes) is 9. The second-order valence-corrected chi connectivity index (χ2v) is 9.77. The summed E-state index contributed by atoms with van der Waals surface area (Å²) in [5, 5.41) is 19.2.